The Bertz CT molecular complexity index is 559. The first-order chi connectivity index (χ1) is 10.0. The van der Waals surface area contributed by atoms with Crippen molar-refractivity contribution in [3.05, 3.63) is 18.3 Å². The summed E-state index contributed by atoms with van der Waals surface area (Å²) in [4.78, 5) is 30.5. The number of hydrogen-bond donors (Lipinski definition) is 2. The van der Waals surface area contributed by atoms with Gasteiger partial charge in [0.25, 0.3) is 5.91 Å². The number of nitrogens with one attached hydrogen (secondary N) is 1. The number of aromatic nitrogens is 1. The van der Waals surface area contributed by atoms with E-state index in [-0.39, 0.29) is 24.5 Å². The zero-order valence-corrected chi connectivity index (χ0v) is 12.0. The number of rotatable bonds is 3. The topological polar surface area (TPSA) is 91.6 Å². The molecule has 3 rings (SSSR count). The third-order valence-electron chi connectivity index (χ3n) is 3.97. The van der Waals surface area contributed by atoms with Crippen LogP contribution in [0.5, 0.6) is 0 Å². The molecule has 2 aliphatic rings. The number of likely N-dealkylation sites (N-methyl/N-ethyl adjacent to an activating group) is 1. The Labute approximate surface area is 123 Å². The maximum atomic E-state index is 11.9. The average molecular weight is 289 g/mol. The van der Waals surface area contributed by atoms with E-state index in [1.807, 2.05) is 0 Å². The number of carbonyl (C=O) groups is 2. The molecule has 1 aliphatic heterocycles. The fourth-order valence-corrected chi connectivity index (χ4v) is 2.83. The summed E-state index contributed by atoms with van der Waals surface area (Å²) in [6.07, 6.45) is 4.56. The quantitative estimate of drug-likeness (QED) is 0.802. The summed E-state index contributed by atoms with van der Waals surface area (Å²) in [5.41, 5.74) is 6.39. The molecule has 1 saturated heterocycles. The predicted molar refractivity (Wildman–Crippen MR) is 79.0 cm³/mol. The van der Waals surface area contributed by atoms with E-state index in [9.17, 15) is 9.59 Å². The van der Waals surface area contributed by atoms with E-state index >= 15 is 0 Å². The first kappa shape index (κ1) is 13.8. The first-order valence-electron chi connectivity index (χ1n) is 7.11. The molecule has 21 heavy (non-hydrogen) atoms. The SMILES string of the molecule is CN1CC(=O)N(c2ccc(N[C@H]3CC[C@H](N)C3)nc2)C1=O. The summed E-state index contributed by atoms with van der Waals surface area (Å²) in [5, 5.41) is 3.33. The lowest BCUT2D eigenvalue weighted by Crippen LogP contribution is -2.31. The minimum Gasteiger partial charge on any atom is -0.367 e. The van der Waals surface area contributed by atoms with Gasteiger partial charge in [0.15, 0.2) is 0 Å². The average Bonchev–Trinajstić information content (AvgIpc) is 2.96. The number of nitrogens with two attached hydrogens (primary N) is 1. The Morgan fingerprint density at radius 3 is 2.67 bits per heavy atom. The molecule has 0 spiro atoms. The molecule has 3 amide bonds. The molecular formula is C14H19N5O2. The van der Waals surface area contributed by atoms with Crippen LogP contribution in [0.25, 0.3) is 0 Å². The van der Waals surface area contributed by atoms with Crippen molar-refractivity contribution in [2.75, 3.05) is 23.8 Å². The largest absolute Gasteiger partial charge is 0.367 e. The summed E-state index contributed by atoms with van der Waals surface area (Å²) < 4.78 is 0. The highest BCUT2D eigenvalue weighted by Crippen LogP contribution is 2.23. The van der Waals surface area contributed by atoms with Gasteiger partial charge in [0.2, 0.25) is 0 Å². The van der Waals surface area contributed by atoms with Crippen LogP contribution in [0.15, 0.2) is 18.3 Å². The number of amides is 3. The van der Waals surface area contributed by atoms with Crippen molar-refractivity contribution in [1.29, 1.82) is 0 Å². The minimum absolute atomic E-state index is 0.110. The molecule has 2 atom stereocenters. The Balaban J connectivity index is 1.69. The summed E-state index contributed by atoms with van der Waals surface area (Å²) in [6.45, 7) is 0.110. The van der Waals surface area contributed by atoms with Crippen LogP contribution >= 0.6 is 0 Å². The molecule has 0 aromatic carbocycles. The molecule has 0 unspecified atom stereocenters. The fraction of sp³-hybridized carbons (Fsp3) is 0.500. The van der Waals surface area contributed by atoms with E-state index in [1.165, 1.54) is 4.90 Å². The van der Waals surface area contributed by atoms with Crippen LogP contribution in [0.3, 0.4) is 0 Å². The first-order valence-corrected chi connectivity index (χ1v) is 7.11. The highest BCUT2D eigenvalue weighted by Gasteiger charge is 2.34. The lowest BCUT2D eigenvalue weighted by Gasteiger charge is -2.16. The van der Waals surface area contributed by atoms with Crippen LogP contribution in [0.1, 0.15) is 19.3 Å². The second kappa shape index (κ2) is 5.33. The van der Waals surface area contributed by atoms with Gasteiger partial charge in [0.1, 0.15) is 12.4 Å². The Morgan fingerprint density at radius 1 is 1.33 bits per heavy atom. The third kappa shape index (κ3) is 2.69. The molecule has 0 radical (unpaired) electrons. The normalized spacial score (nSPS) is 25.8. The maximum Gasteiger partial charge on any atom is 0.331 e. The van der Waals surface area contributed by atoms with Gasteiger partial charge in [0, 0.05) is 19.1 Å². The number of anilines is 2. The summed E-state index contributed by atoms with van der Waals surface area (Å²) >= 11 is 0. The molecule has 3 N–H and O–H groups in total. The number of pyridine rings is 1. The van der Waals surface area contributed by atoms with E-state index in [0.29, 0.717) is 11.7 Å². The highest BCUT2D eigenvalue weighted by atomic mass is 16.2. The Kier molecular flexibility index (Phi) is 3.50. The second-order valence-electron chi connectivity index (χ2n) is 5.68. The van der Waals surface area contributed by atoms with E-state index in [4.69, 9.17) is 5.73 Å². The molecule has 7 nitrogen and oxygen atoms in total. The number of urea groups is 1. The molecular weight excluding hydrogens is 270 g/mol. The van der Waals surface area contributed by atoms with Crippen molar-refractivity contribution in [2.24, 2.45) is 5.73 Å². The zero-order chi connectivity index (χ0) is 15.0. The smallest absolute Gasteiger partial charge is 0.331 e. The van der Waals surface area contributed by atoms with E-state index < -0.39 is 0 Å². The summed E-state index contributed by atoms with van der Waals surface area (Å²) in [7, 11) is 1.60. The standard InChI is InChI=1S/C14H19N5O2/c1-18-8-13(20)19(14(18)21)11-4-5-12(16-7-11)17-10-3-2-9(15)6-10/h4-5,7,9-10H,2-3,6,8,15H2,1H3,(H,16,17)/t9-,10-/m0/s1. The molecule has 1 aromatic rings. The van der Waals surface area contributed by atoms with E-state index in [0.717, 1.165) is 30.0 Å². The van der Waals surface area contributed by atoms with Gasteiger partial charge in [-0.05, 0) is 31.4 Å². The number of hydrogen-bond acceptors (Lipinski definition) is 5. The highest BCUT2D eigenvalue weighted by molar-refractivity contribution is 6.19. The Hall–Kier alpha value is -2.15. The van der Waals surface area contributed by atoms with Crippen LogP contribution in [-0.4, -0.2) is 47.5 Å². The van der Waals surface area contributed by atoms with Crippen molar-refractivity contribution in [1.82, 2.24) is 9.88 Å². The van der Waals surface area contributed by atoms with Crippen LogP contribution < -0.4 is 16.0 Å². The van der Waals surface area contributed by atoms with Gasteiger partial charge < -0.3 is 16.0 Å². The molecule has 2 fully saturated rings. The third-order valence-corrected chi connectivity index (χ3v) is 3.97. The number of nitrogens with zero attached hydrogens (tertiary/aromatic N) is 3. The Morgan fingerprint density at radius 2 is 2.14 bits per heavy atom. The molecule has 1 aromatic heterocycles. The molecule has 0 bridgehead atoms. The van der Waals surface area contributed by atoms with Gasteiger partial charge in [0.05, 0.1) is 11.9 Å². The van der Waals surface area contributed by atoms with E-state index in [2.05, 4.69) is 10.3 Å². The van der Waals surface area contributed by atoms with E-state index in [1.54, 1.807) is 25.4 Å². The molecule has 7 heteroatoms. The lowest BCUT2D eigenvalue weighted by atomic mass is 10.2. The monoisotopic (exact) mass is 289 g/mol. The molecule has 2 heterocycles. The van der Waals surface area contributed by atoms with Crippen molar-refractivity contribution in [3.63, 3.8) is 0 Å². The van der Waals surface area contributed by atoms with Crippen molar-refractivity contribution in [3.8, 4) is 0 Å². The maximum absolute atomic E-state index is 11.9. The van der Waals surface area contributed by atoms with Gasteiger partial charge in [-0.25, -0.2) is 14.7 Å². The van der Waals surface area contributed by atoms with Gasteiger partial charge in [-0.2, -0.15) is 0 Å². The second-order valence-corrected chi connectivity index (χ2v) is 5.68. The van der Waals surface area contributed by atoms with Gasteiger partial charge in [-0.3, -0.25) is 4.79 Å². The molecule has 112 valence electrons. The van der Waals surface area contributed by atoms with Crippen LogP contribution in [0.2, 0.25) is 0 Å². The van der Waals surface area contributed by atoms with Crippen LogP contribution in [0, 0.1) is 0 Å². The molecule has 1 saturated carbocycles. The van der Waals surface area contributed by atoms with Crippen LogP contribution in [0.4, 0.5) is 16.3 Å². The summed E-state index contributed by atoms with van der Waals surface area (Å²) in [5.74, 6) is 0.511. The van der Waals surface area contributed by atoms with Crippen molar-refractivity contribution < 1.29 is 9.59 Å². The minimum atomic E-state index is -0.315. The van der Waals surface area contributed by atoms with Gasteiger partial charge in [-0.1, -0.05) is 0 Å². The zero-order valence-electron chi connectivity index (χ0n) is 12.0. The van der Waals surface area contributed by atoms with Crippen LogP contribution in [-0.2, 0) is 4.79 Å². The number of imide groups is 1. The van der Waals surface area contributed by atoms with Crippen molar-refractivity contribution in [2.45, 2.75) is 31.3 Å². The fourth-order valence-electron chi connectivity index (χ4n) is 2.83. The lowest BCUT2D eigenvalue weighted by molar-refractivity contribution is -0.116. The van der Waals surface area contributed by atoms with Crippen molar-refractivity contribution >= 4 is 23.4 Å². The number of carbonyl (C=O) groups excluding carboxylic acids is 2. The molecule has 1 aliphatic carbocycles. The van der Waals surface area contributed by atoms with Gasteiger partial charge in [-0.15, -0.1) is 0 Å². The summed E-state index contributed by atoms with van der Waals surface area (Å²) in [6, 6.07) is 3.82. The predicted octanol–water partition coefficient (Wildman–Crippen LogP) is 0.772. The van der Waals surface area contributed by atoms with Gasteiger partial charge >= 0.3 is 6.03 Å².